The number of nitrogens with zero attached hydrogens (tertiary/aromatic N) is 6. The van der Waals surface area contributed by atoms with Gasteiger partial charge in [0, 0.05) is 63.0 Å². The highest BCUT2D eigenvalue weighted by Gasteiger charge is 2.51. The van der Waals surface area contributed by atoms with Crippen molar-refractivity contribution >= 4 is 46.9 Å². The van der Waals surface area contributed by atoms with Crippen LogP contribution in [0.3, 0.4) is 0 Å². The molecule has 0 aliphatic carbocycles. The number of anilines is 3. The molecule has 0 radical (unpaired) electrons. The van der Waals surface area contributed by atoms with Gasteiger partial charge in [-0.05, 0) is 79.7 Å². The fourth-order valence-electron chi connectivity index (χ4n) is 5.16. The Hall–Kier alpha value is -4.38. The number of imide groups is 1. The number of carbonyl (C=O) groups excluding carboxylic acids is 3. The van der Waals surface area contributed by atoms with E-state index in [2.05, 4.69) is 25.1 Å². The van der Waals surface area contributed by atoms with Crippen molar-refractivity contribution in [1.29, 1.82) is 0 Å². The number of amides is 4. The van der Waals surface area contributed by atoms with Gasteiger partial charge in [0.1, 0.15) is 17.2 Å². The molecule has 0 saturated carbocycles. The van der Waals surface area contributed by atoms with Crippen molar-refractivity contribution in [2.75, 3.05) is 47.8 Å². The number of rotatable bonds is 9. The van der Waals surface area contributed by atoms with E-state index in [1.807, 2.05) is 18.2 Å². The number of hydrogen-bond donors (Lipinski definition) is 1. The van der Waals surface area contributed by atoms with E-state index in [1.165, 1.54) is 35.4 Å². The normalized spacial score (nSPS) is 16.6. The van der Waals surface area contributed by atoms with Crippen molar-refractivity contribution in [3.8, 4) is 0 Å². The van der Waals surface area contributed by atoms with Crippen LogP contribution in [0.25, 0.3) is 0 Å². The molecule has 0 spiro atoms. The number of pyridine rings is 2. The van der Waals surface area contributed by atoms with E-state index >= 15 is 0 Å². The molecule has 0 atom stereocenters. The number of alkyl halides is 6. The van der Waals surface area contributed by atoms with Gasteiger partial charge in [-0.25, -0.2) is 19.7 Å². The number of carbonyl (C=O) groups is 3. The lowest BCUT2D eigenvalue weighted by Crippen LogP contribution is -2.47. The Morgan fingerprint density at radius 1 is 0.958 bits per heavy atom. The van der Waals surface area contributed by atoms with E-state index in [4.69, 9.17) is 0 Å². The maximum absolute atomic E-state index is 13.4. The van der Waals surface area contributed by atoms with Crippen LogP contribution >= 0.6 is 11.8 Å². The predicted octanol–water partition coefficient (Wildman–Crippen LogP) is 6.17. The quantitative estimate of drug-likeness (QED) is 0.161. The fourth-order valence-corrected chi connectivity index (χ4v) is 5.69. The molecular weight excluding hydrogens is 664 g/mol. The van der Waals surface area contributed by atoms with Gasteiger partial charge in [-0.3, -0.25) is 14.5 Å². The highest BCUT2D eigenvalue weighted by atomic mass is 32.2. The van der Waals surface area contributed by atoms with Gasteiger partial charge < -0.3 is 15.1 Å². The van der Waals surface area contributed by atoms with Crippen LogP contribution in [0.4, 0.5) is 48.5 Å². The Morgan fingerprint density at radius 3 is 2.23 bits per heavy atom. The number of hydrogen-bond acceptors (Lipinski definition) is 8. The summed E-state index contributed by atoms with van der Waals surface area (Å²) in [4.78, 5) is 54.8. The average molecular weight is 698 g/mol. The molecule has 2 aliphatic rings. The molecule has 2 saturated heterocycles. The summed E-state index contributed by atoms with van der Waals surface area (Å²) < 4.78 is 67.1. The van der Waals surface area contributed by atoms with E-state index < -0.39 is 29.7 Å². The first-order valence-electron chi connectivity index (χ1n) is 14.7. The lowest BCUT2D eigenvalue weighted by Gasteiger charge is -2.35. The van der Waals surface area contributed by atoms with Gasteiger partial charge in [0.25, 0.3) is 5.91 Å². The second-order valence-corrected chi connectivity index (χ2v) is 12.4. The van der Waals surface area contributed by atoms with Crippen LogP contribution in [0.5, 0.6) is 0 Å². The van der Waals surface area contributed by atoms with Gasteiger partial charge in [-0.15, -0.1) is 0 Å². The van der Waals surface area contributed by atoms with Crippen molar-refractivity contribution in [3.05, 3.63) is 72.6 Å². The van der Waals surface area contributed by atoms with Crippen LogP contribution in [0.1, 0.15) is 25.8 Å². The Kier molecular flexibility index (Phi) is 11.9. The molecule has 2 aliphatic heterocycles. The van der Waals surface area contributed by atoms with Crippen LogP contribution in [-0.2, 0) is 16.1 Å². The summed E-state index contributed by atoms with van der Waals surface area (Å²) in [5.74, 6) is 0.595. The molecule has 0 unspecified atom stereocenters. The number of benzene rings is 1. The minimum absolute atomic E-state index is 0.0500. The SMILES string of the molecule is CC1(C)C(=O)N(c2ccc(SC(F)(F)F)cc2)C(=O)N1Cc1ccnc(NC(=O)CCN2CCN(c3ccccn3)CC2)c1.FC(F)F. The van der Waals surface area contributed by atoms with Gasteiger partial charge in [0.15, 0.2) is 0 Å². The second kappa shape index (κ2) is 15.7. The third-order valence-electron chi connectivity index (χ3n) is 7.59. The van der Waals surface area contributed by atoms with Crippen LogP contribution in [0.2, 0.25) is 0 Å². The number of aromatic nitrogens is 2. The maximum Gasteiger partial charge on any atom is 0.446 e. The van der Waals surface area contributed by atoms with Gasteiger partial charge in [0.05, 0.1) is 5.69 Å². The van der Waals surface area contributed by atoms with Gasteiger partial charge in [-0.1, -0.05) is 6.07 Å². The minimum Gasteiger partial charge on any atom is -0.354 e. The van der Waals surface area contributed by atoms with Crippen LogP contribution in [-0.4, -0.2) is 88.1 Å². The third-order valence-corrected chi connectivity index (χ3v) is 8.32. The molecule has 2 fully saturated rings. The Bertz CT molecular complexity index is 1550. The van der Waals surface area contributed by atoms with Crippen LogP contribution < -0.4 is 15.1 Å². The zero-order valence-electron chi connectivity index (χ0n) is 26.0. The summed E-state index contributed by atoms with van der Waals surface area (Å²) in [6.45, 7) is 3.52. The topological polar surface area (TPSA) is 102 Å². The molecule has 2 aromatic heterocycles. The van der Waals surface area contributed by atoms with E-state index in [-0.39, 0.29) is 41.2 Å². The highest BCUT2D eigenvalue weighted by molar-refractivity contribution is 8.00. The number of nitrogens with one attached hydrogen (secondary N) is 1. The van der Waals surface area contributed by atoms with Crippen molar-refractivity contribution in [3.63, 3.8) is 0 Å². The molecular formula is C31H33F6N7O3S. The lowest BCUT2D eigenvalue weighted by atomic mass is 10.0. The molecule has 5 rings (SSSR count). The molecule has 10 nitrogen and oxygen atoms in total. The molecule has 3 aromatic rings. The summed E-state index contributed by atoms with van der Waals surface area (Å²) in [5.41, 5.74) is -4.83. The monoisotopic (exact) mass is 697 g/mol. The third kappa shape index (κ3) is 9.82. The average Bonchev–Trinajstić information content (AvgIpc) is 3.19. The summed E-state index contributed by atoms with van der Waals surface area (Å²) in [7, 11) is 0. The van der Waals surface area contributed by atoms with E-state index in [0.717, 1.165) is 36.9 Å². The number of thioether (sulfide) groups is 1. The minimum atomic E-state index is -4.45. The smallest absolute Gasteiger partial charge is 0.354 e. The van der Waals surface area contributed by atoms with E-state index in [1.54, 1.807) is 32.2 Å². The fraction of sp³-hybridized carbons (Fsp3) is 0.387. The summed E-state index contributed by atoms with van der Waals surface area (Å²) in [6, 6.07) is 13.7. The standard InChI is InChI=1S/C30H32F3N7O3S.CHF3/c1-29(2)27(42)40(22-6-8-23(9-7-22)44-30(31,32)33)28(43)39(29)20-21-10-13-34-24(19-21)36-26(41)11-14-37-15-17-38(18-16-37)25-5-3-4-12-35-25;2-1(3)4/h3-10,12-13,19H,11,14-18,20H2,1-2H3,(H,34,36,41);1H. The zero-order valence-corrected chi connectivity index (χ0v) is 26.8. The predicted molar refractivity (Wildman–Crippen MR) is 168 cm³/mol. The first kappa shape index (κ1) is 36.5. The molecule has 17 heteroatoms. The maximum atomic E-state index is 13.4. The molecule has 48 heavy (non-hydrogen) atoms. The molecule has 4 amide bonds. The number of halogens is 6. The van der Waals surface area contributed by atoms with E-state index in [0.29, 0.717) is 17.9 Å². The Labute approximate surface area is 277 Å². The van der Waals surface area contributed by atoms with Crippen molar-refractivity contribution in [2.45, 2.75) is 49.4 Å². The highest BCUT2D eigenvalue weighted by Crippen LogP contribution is 2.39. The molecule has 0 bridgehead atoms. The van der Waals surface area contributed by atoms with Crippen LogP contribution in [0, 0.1) is 0 Å². The van der Waals surface area contributed by atoms with Gasteiger partial charge in [0.2, 0.25) is 5.91 Å². The lowest BCUT2D eigenvalue weighted by molar-refractivity contribution is -0.123. The zero-order chi connectivity index (χ0) is 35.1. The summed E-state index contributed by atoms with van der Waals surface area (Å²) in [5, 5.41) is 2.82. The first-order chi connectivity index (χ1) is 22.6. The number of urea groups is 1. The van der Waals surface area contributed by atoms with Crippen molar-refractivity contribution < 1.29 is 40.7 Å². The molecule has 258 valence electrons. The molecule has 4 heterocycles. The largest absolute Gasteiger partial charge is 0.446 e. The van der Waals surface area contributed by atoms with Crippen molar-refractivity contribution in [1.82, 2.24) is 19.8 Å². The second-order valence-electron chi connectivity index (χ2n) is 11.2. The van der Waals surface area contributed by atoms with Gasteiger partial charge in [-0.2, -0.15) is 26.3 Å². The van der Waals surface area contributed by atoms with Crippen molar-refractivity contribution in [2.24, 2.45) is 0 Å². The number of piperazine rings is 1. The first-order valence-corrected chi connectivity index (χ1v) is 15.5. The van der Waals surface area contributed by atoms with Crippen LogP contribution in [0.15, 0.2) is 71.9 Å². The Morgan fingerprint density at radius 2 is 1.62 bits per heavy atom. The molecule has 1 aromatic carbocycles. The summed E-state index contributed by atoms with van der Waals surface area (Å²) in [6.07, 6.45) is 3.59. The summed E-state index contributed by atoms with van der Waals surface area (Å²) >= 11 is -0.270. The molecule has 1 N–H and O–H groups in total. The Balaban J connectivity index is 0.00000123. The van der Waals surface area contributed by atoms with E-state index in [9.17, 15) is 40.7 Å². The van der Waals surface area contributed by atoms with Gasteiger partial charge >= 0.3 is 18.2 Å².